The molecule has 0 saturated heterocycles. The Morgan fingerprint density at radius 3 is 2.76 bits per heavy atom. The van der Waals surface area contributed by atoms with Crippen molar-refractivity contribution in [3.63, 3.8) is 0 Å². The minimum atomic E-state index is -0.292. The zero-order valence-corrected chi connectivity index (χ0v) is 14.7. The number of rotatable bonds is 5. The molecule has 0 aliphatic heterocycles. The van der Waals surface area contributed by atoms with Gasteiger partial charge in [0.05, 0.1) is 0 Å². The van der Waals surface area contributed by atoms with Gasteiger partial charge in [-0.1, -0.05) is 35.9 Å². The van der Waals surface area contributed by atoms with Crippen LogP contribution < -0.4 is 10.1 Å². The maximum absolute atomic E-state index is 12.3. The summed E-state index contributed by atoms with van der Waals surface area (Å²) in [5, 5.41) is 7.68. The molecule has 3 rings (SSSR count). The van der Waals surface area contributed by atoms with Gasteiger partial charge in [-0.15, -0.1) is 0 Å². The van der Waals surface area contributed by atoms with Crippen LogP contribution in [0, 0.1) is 13.8 Å². The molecular formula is C19H18ClN3O2. The lowest BCUT2D eigenvalue weighted by Crippen LogP contribution is -2.15. The molecule has 6 heteroatoms. The summed E-state index contributed by atoms with van der Waals surface area (Å²) >= 11 is 6.07. The van der Waals surface area contributed by atoms with E-state index in [1.807, 2.05) is 38.1 Å². The summed E-state index contributed by atoms with van der Waals surface area (Å²) < 4.78 is 7.30. The molecule has 0 spiro atoms. The fourth-order valence-corrected chi connectivity index (χ4v) is 2.51. The lowest BCUT2D eigenvalue weighted by atomic mass is 10.2. The van der Waals surface area contributed by atoms with Gasteiger partial charge in [-0.25, -0.2) is 4.68 Å². The number of hydrogen-bond donors (Lipinski definition) is 1. The first-order valence-electron chi connectivity index (χ1n) is 7.83. The molecule has 0 fully saturated rings. The third-order valence-corrected chi connectivity index (χ3v) is 4.24. The van der Waals surface area contributed by atoms with Gasteiger partial charge in [-0.2, -0.15) is 5.10 Å². The number of aromatic nitrogens is 2. The number of hydrogen-bond acceptors (Lipinski definition) is 3. The molecule has 0 unspecified atom stereocenters. The van der Waals surface area contributed by atoms with E-state index in [0.29, 0.717) is 16.4 Å². The van der Waals surface area contributed by atoms with Crippen molar-refractivity contribution in [3.05, 3.63) is 76.6 Å². The quantitative estimate of drug-likeness (QED) is 0.736. The van der Waals surface area contributed by atoms with Crippen LogP contribution in [0.5, 0.6) is 5.75 Å². The molecule has 1 amide bonds. The predicted molar refractivity (Wildman–Crippen MR) is 98.2 cm³/mol. The predicted octanol–water partition coefficient (Wildman–Crippen LogP) is 4.44. The number of para-hydroxylation sites is 1. The Morgan fingerprint density at radius 1 is 1.16 bits per heavy atom. The largest absolute Gasteiger partial charge is 0.471 e. The number of ether oxygens (including phenoxy) is 1. The fraction of sp³-hybridized carbons (Fsp3) is 0.158. The Bertz CT molecular complexity index is 905. The van der Waals surface area contributed by atoms with Gasteiger partial charge in [-0.05, 0) is 49.2 Å². The smallest absolute Gasteiger partial charge is 0.276 e. The summed E-state index contributed by atoms with van der Waals surface area (Å²) in [4.78, 5) is 12.3. The van der Waals surface area contributed by atoms with Crippen LogP contribution in [0.3, 0.4) is 0 Å². The average molecular weight is 356 g/mol. The van der Waals surface area contributed by atoms with E-state index in [1.54, 1.807) is 35.1 Å². The van der Waals surface area contributed by atoms with E-state index in [9.17, 15) is 4.79 Å². The van der Waals surface area contributed by atoms with Gasteiger partial charge >= 0.3 is 0 Å². The van der Waals surface area contributed by atoms with Crippen LogP contribution in [0.25, 0.3) is 0 Å². The number of benzene rings is 2. The zero-order chi connectivity index (χ0) is 17.8. The molecule has 25 heavy (non-hydrogen) atoms. The molecule has 1 N–H and O–H groups in total. The molecular weight excluding hydrogens is 338 g/mol. The SMILES string of the molecule is Cc1ccccc1OCn1ccc(C(=O)Nc2cccc(Cl)c2C)n1. The Balaban J connectivity index is 1.65. The lowest BCUT2D eigenvalue weighted by Gasteiger charge is -2.09. The van der Waals surface area contributed by atoms with Gasteiger partial charge in [0, 0.05) is 16.9 Å². The highest BCUT2D eigenvalue weighted by Gasteiger charge is 2.12. The topological polar surface area (TPSA) is 56.1 Å². The average Bonchev–Trinajstić information content (AvgIpc) is 3.07. The number of nitrogens with one attached hydrogen (secondary N) is 1. The number of anilines is 1. The minimum Gasteiger partial charge on any atom is -0.471 e. The first-order valence-corrected chi connectivity index (χ1v) is 8.21. The van der Waals surface area contributed by atoms with E-state index in [0.717, 1.165) is 16.9 Å². The number of carbonyl (C=O) groups excluding carboxylic acids is 1. The van der Waals surface area contributed by atoms with Crippen molar-refractivity contribution in [2.24, 2.45) is 0 Å². The highest BCUT2D eigenvalue weighted by Crippen LogP contribution is 2.23. The van der Waals surface area contributed by atoms with Gasteiger partial charge < -0.3 is 10.1 Å². The van der Waals surface area contributed by atoms with Crippen LogP contribution in [0.2, 0.25) is 5.02 Å². The van der Waals surface area contributed by atoms with Crippen molar-refractivity contribution in [2.75, 3.05) is 5.32 Å². The fourth-order valence-electron chi connectivity index (χ4n) is 2.34. The Morgan fingerprint density at radius 2 is 1.96 bits per heavy atom. The summed E-state index contributed by atoms with van der Waals surface area (Å²) in [6.07, 6.45) is 1.71. The molecule has 0 atom stereocenters. The highest BCUT2D eigenvalue weighted by atomic mass is 35.5. The van der Waals surface area contributed by atoms with Crippen molar-refractivity contribution in [3.8, 4) is 5.75 Å². The van der Waals surface area contributed by atoms with Crippen molar-refractivity contribution in [1.29, 1.82) is 0 Å². The monoisotopic (exact) mass is 355 g/mol. The number of aryl methyl sites for hydroxylation is 1. The third-order valence-electron chi connectivity index (χ3n) is 3.84. The molecule has 128 valence electrons. The van der Waals surface area contributed by atoms with E-state index < -0.39 is 0 Å². The van der Waals surface area contributed by atoms with Gasteiger partial charge in [0.1, 0.15) is 5.75 Å². The van der Waals surface area contributed by atoms with Crippen LogP contribution in [0.4, 0.5) is 5.69 Å². The Hall–Kier alpha value is -2.79. The second kappa shape index (κ2) is 7.40. The summed E-state index contributed by atoms with van der Waals surface area (Å²) in [6, 6.07) is 14.8. The van der Waals surface area contributed by atoms with E-state index in [-0.39, 0.29) is 12.6 Å². The third kappa shape index (κ3) is 4.00. The van der Waals surface area contributed by atoms with Crippen LogP contribution >= 0.6 is 11.6 Å². The van der Waals surface area contributed by atoms with E-state index in [4.69, 9.17) is 16.3 Å². The number of amides is 1. The van der Waals surface area contributed by atoms with Crippen molar-refractivity contribution < 1.29 is 9.53 Å². The molecule has 5 nitrogen and oxygen atoms in total. The molecule has 0 radical (unpaired) electrons. The highest BCUT2D eigenvalue weighted by molar-refractivity contribution is 6.31. The van der Waals surface area contributed by atoms with Gasteiger partial charge in [-0.3, -0.25) is 4.79 Å². The second-order valence-electron chi connectivity index (χ2n) is 5.65. The van der Waals surface area contributed by atoms with Crippen LogP contribution in [-0.2, 0) is 6.73 Å². The van der Waals surface area contributed by atoms with Crippen molar-refractivity contribution in [2.45, 2.75) is 20.6 Å². The maximum atomic E-state index is 12.3. The van der Waals surface area contributed by atoms with Crippen molar-refractivity contribution in [1.82, 2.24) is 9.78 Å². The molecule has 2 aromatic carbocycles. The minimum absolute atomic E-state index is 0.230. The van der Waals surface area contributed by atoms with Crippen molar-refractivity contribution >= 4 is 23.2 Å². The summed E-state index contributed by atoms with van der Waals surface area (Å²) in [5.41, 5.74) is 2.85. The van der Waals surface area contributed by atoms with Gasteiger partial charge in [0.25, 0.3) is 5.91 Å². The first-order chi connectivity index (χ1) is 12.0. The van der Waals surface area contributed by atoms with Gasteiger partial charge in [0.15, 0.2) is 12.4 Å². The molecule has 0 bridgehead atoms. The molecule has 0 aliphatic carbocycles. The standard InChI is InChI=1S/C19H18ClN3O2/c1-13-6-3-4-9-18(13)25-12-23-11-10-17(22-23)19(24)21-16-8-5-7-15(20)14(16)2/h3-11H,12H2,1-2H3,(H,21,24). The van der Waals surface area contributed by atoms with E-state index in [1.165, 1.54) is 0 Å². The Labute approximate surface area is 151 Å². The zero-order valence-electron chi connectivity index (χ0n) is 14.0. The van der Waals surface area contributed by atoms with Gasteiger partial charge in [0.2, 0.25) is 0 Å². The van der Waals surface area contributed by atoms with Crippen LogP contribution in [0.1, 0.15) is 21.6 Å². The van der Waals surface area contributed by atoms with E-state index >= 15 is 0 Å². The number of carbonyl (C=O) groups is 1. The lowest BCUT2D eigenvalue weighted by molar-refractivity contribution is 0.102. The molecule has 1 heterocycles. The maximum Gasteiger partial charge on any atom is 0.276 e. The number of halogens is 1. The number of nitrogens with zero attached hydrogens (tertiary/aromatic N) is 2. The second-order valence-corrected chi connectivity index (χ2v) is 6.05. The van der Waals surface area contributed by atoms with Crippen LogP contribution in [-0.4, -0.2) is 15.7 Å². The van der Waals surface area contributed by atoms with E-state index in [2.05, 4.69) is 10.4 Å². The Kier molecular flexibility index (Phi) is 5.05. The molecule has 0 saturated carbocycles. The van der Waals surface area contributed by atoms with Crippen LogP contribution in [0.15, 0.2) is 54.7 Å². The summed E-state index contributed by atoms with van der Waals surface area (Å²) in [6.45, 7) is 4.06. The molecule has 0 aliphatic rings. The summed E-state index contributed by atoms with van der Waals surface area (Å²) in [7, 11) is 0. The molecule has 1 aromatic heterocycles. The summed E-state index contributed by atoms with van der Waals surface area (Å²) in [5.74, 6) is 0.499. The first kappa shape index (κ1) is 17.0. The normalized spacial score (nSPS) is 10.5. The molecule has 3 aromatic rings.